The molecule has 0 saturated heterocycles. The summed E-state index contributed by atoms with van der Waals surface area (Å²) in [6.45, 7) is 1.20. The van der Waals surface area contributed by atoms with Crippen LogP contribution < -0.4 is 5.73 Å². The lowest BCUT2D eigenvalue weighted by Gasteiger charge is -2.30. The molecule has 0 aromatic rings. The summed E-state index contributed by atoms with van der Waals surface area (Å²) < 4.78 is 29.0. The minimum absolute atomic E-state index is 0.0163. The first-order valence-electron chi connectivity index (χ1n) is 3.59. The second kappa shape index (κ2) is 2.83. The van der Waals surface area contributed by atoms with Gasteiger partial charge in [0.15, 0.2) is 0 Å². The number of hydrogen-bond acceptors (Lipinski definition) is 4. The monoisotopic (exact) mass is 205 g/mol. The van der Waals surface area contributed by atoms with Crippen molar-refractivity contribution in [2.24, 2.45) is 5.73 Å². The van der Waals surface area contributed by atoms with Gasteiger partial charge in [-0.2, -0.15) is 8.42 Å². The van der Waals surface area contributed by atoms with Crippen molar-refractivity contribution in [3.05, 3.63) is 23.9 Å². The Morgan fingerprint density at radius 2 is 2.15 bits per heavy atom. The third kappa shape index (κ3) is 1.48. The van der Waals surface area contributed by atoms with E-state index in [4.69, 9.17) is 10.3 Å². The van der Waals surface area contributed by atoms with Crippen molar-refractivity contribution in [3.8, 4) is 0 Å². The van der Waals surface area contributed by atoms with E-state index in [0.29, 0.717) is 0 Å². The summed E-state index contributed by atoms with van der Waals surface area (Å²) >= 11 is 0. The quantitative estimate of drug-likeness (QED) is 0.496. The highest BCUT2D eigenvalue weighted by Crippen LogP contribution is 2.28. The molecule has 0 amide bonds. The van der Waals surface area contributed by atoms with E-state index >= 15 is 0 Å². The maximum Gasteiger partial charge on any atom is 0.277 e. The maximum absolute atomic E-state index is 10.9. The first kappa shape index (κ1) is 10.2. The third-order valence-electron chi connectivity index (χ3n) is 2.13. The number of allylic oxidation sites excluding steroid dienone is 2. The van der Waals surface area contributed by atoms with Crippen LogP contribution in [0.3, 0.4) is 0 Å². The molecule has 74 valence electrons. The van der Waals surface area contributed by atoms with Gasteiger partial charge in [-0.1, -0.05) is 12.2 Å². The Hall–Kier alpha value is -0.850. The summed E-state index contributed by atoms with van der Waals surface area (Å²) in [7, 11) is -4.37. The van der Waals surface area contributed by atoms with Crippen LogP contribution in [0.4, 0.5) is 0 Å². The van der Waals surface area contributed by atoms with Crippen LogP contribution in [-0.2, 0) is 10.1 Å². The summed E-state index contributed by atoms with van der Waals surface area (Å²) in [5.41, 5.74) is 5.35. The lowest BCUT2D eigenvalue weighted by molar-refractivity contribution is 0.175. The molecule has 13 heavy (non-hydrogen) atoms. The lowest BCUT2D eigenvalue weighted by Crippen LogP contribution is -2.48. The summed E-state index contributed by atoms with van der Waals surface area (Å²) in [4.78, 5) is 0. The number of nitrogens with two attached hydrogens (primary N) is 1. The predicted molar refractivity (Wildman–Crippen MR) is 47.4 cm³/mol. The molecule has 1 aliphatic rings. The fourth-order valence-corrected chi connectivity index (χ4v) is 1.76. The van der Waals surface area contributed by atoms with E-state index in [0.717, 1.165) is 0 Å². The van der Waals surface area contributed by atoms with Crippen molar-refractivity contribution in [3.63, 3.8) is 0 Å². The molecule has 0 saturated carbocycles. The zero-order chi connectivity index (χ0) is 10.3. The molecule has 6 heteroatoms. The van der Waals surface area contributed by atoms with Gasteiger partial charge in [-0.25, -0.2) is 0 Å². The van der Waals surface area contributed by atoms with E-state index in [1.165, 1.54) is 25.2 Å². The van der Waals surface area contributed by atoms with Crippen LogP contribution in [0.5, 0.6) is 0 Å². The fraction of sp³-hybridized carbons (Fsp3) is 0.429. The molecular formula is C7H11NO4S. The first-order chi connectivity index (χ1) is 5.79. The largest absolute Gasteiger partial charge is 0.400 e. The SMILES string of the molecule is CC1(S(=O)(=O)O)C=CC=C(N)C1O. The molecule has 5 nitrogen and oxygen atoms in total. The Kier molecular flexibility index (Phi) is 2.23. The van der Waals surface area contributed by atoms with Crippen LogP contribution in [0.15, 0.2) is 23.9 Å². The van der Waals surface area contributed by atoms with Gasteiger partial charge in [0.05, 0.1) is 0 Å². The van der Waals surface area contributed by atoms with Gasteiger partial charge in [0, 0.05) is 5.70 Å². The highest BCUT2D eigenvalue weighted by Gasteiger charge is 2.45. The van der Waals surface area contributed by atoms with Gasteiger partial charge >= 0.3 is 0 Å². The maximum atomic E-state index is 10.9. The summed E-state index contributed by atoms with van der Waals surface area (Å²) in [6, 6.07) is 0. The Balaban J connectivity index is 3.23. The van der Waals surface area contributed by atoms with Crippen molar-refractivity contribution < 1.29 is 18.1 Å². The molecule has 2 unspecified atom stereocenters. The first-order valence-corrected chi connectivity index (χ1v) is 5.03. The minimum Gasteiger partial charge on any atom is -0.400 e. The van der Waals surface area contributed by atoms with Crippen molar-refractivity contribution >= 4 is 10.1 Å². The van der Waals surface area contributed by atoms with Crippen molar-refractivity contribution in [1.82, 2.24) is 0 Å². The van der Waals surface area contributed by atoms with Crippen molar-refractivity contribution in [2.75, 3.05) is 0 Å². The highest BCUT2D eigenvalue weighted by molar-refractivity contribution is 7.87. The summed E-state index contributed by atoms with van der Waals surface area (Å²) in [6.07, 6.45) is 2.56. The van der Waals surface area contributed by atoms with Crippen molar-refractivity contribution in [1.29, 1.82) is 0 Å². The number of rotatable bonds is 1. The zero-order valence-electron chi connectivity index (χ0n) is 7.01. The molecule has 0 bridgehead atoms. The zero-order valence-corrected chi connectivity index (χ0v) is 7.82. The molecule has 0 fully saturated rings. The lowest BCUT2D eigenvalue weighted by atomic mass is 9.96. The van der Waals surface area contributed by atoms with Gasteiger partial charge < -0.3 is 10.8 Å². The smallest absolute Gasteiger partial charge is 0.277 e. The molecular weight excluding hydrogens is 194 g/mol. The van der Waals surface area contributed by atoms with Crippen LogP contribution in [0.1, 0.15) is 6.92 Å². The normalized spacial score (nSPS) is 34.4. The summed E-state index contributed by atoms with van der Waals surface area (Å²) in [5.74, 6) is 0. The van der Waals surface area contributed by atoms with Gasteiger partial charge in [-0.15, -0.1) is 0 Å². The van der Waals surface area contributed by atoms with Gasteiger partial charge in [0.1, 0.15) is 10.9 Å². The van der Waals surface area contributed by atoms with Gasteiger partial charge in [0.2, 0.25) is 0 Å². The van der Waals surface area contributed by atoms with Gasteiger partial charge in [-0.3, -0.25) is 4.55 Å². The molecule has 0 radical (unpaired) electrons. The number of hydrogen-bond donors (Lipinski definition) is 3. The predicted octanol–water partition coefficient (Wildman–Crippen LogP) is -0.594. The second-order valence-corrected chi connectivity index (χ2v) is 4.92. The Bertz CT molecular complexity index is 370. The topological polar surface area (TPSA) is 101 Å². The molecule has 0 spiro atoms. The van der Waals surface area contributed by atoms with Crippen LogP contribution in [0.2, 0.25) is 0 Å². The molecule has 2 atom stereocenters. The molecule has 0 aromatic carbocycles. The fourth-order valence-electron chi connectivity index (χ4n) is 1.09. The van der Waals surface area contributed by atoms with E-state index in [2.05, 4.69) is 0 Å². The van der Waals surface area contributed by atoms with Gasteiger partial charge in [0.25, 0.3) is 10.1 Å². The minimum atomic E-state index is -4.37. The van der Waals surface area contributed by atoms with Crippen LogP contribution in [0, 0.1) is 0 Å². The third-order valence-corrected chi connectivity index (χ3v) is 3.60. The molecule has 4 N–H and O–H groups in total. The molecule has 1 rings (SSSR count). The average Bonchev–Trinajstić information content (AvgIpc) is 1.98. The van der Waals surface area contributed by atoms with Gasteiger partial charge in [-0.05, 0) is 13.0 Å². The summed E-state index contributed by atoms with van der Waals surface area (Å²) in [5, 5.41) is 9.45. The molecule has 0 aromatic heterocycles. The van der Waals surface area contributed by atoms with E-state index in [9.17, 15) is 13.5 Å². The van der Waals surface area contributed by atoms with E-state index in [-0.39, 0.29) is 5.70 Å². The highest BCUT2D eigenvalue weighted by atomic mass is 32.2. The number of aliphatic hydroxyl groups is 1. The second-order valence-electron chi connectivity index (χ2n) is 3.09. The van der Waals surface area contributed by atoms with Crippen LogP contribution in [-0.4, -0.2) is 28.9 Å². The Labute approximate surface area is 76.3 Å². The molecule has 0 aliphatic heterocycles. The number of aliphatic hydroxyl groups excluding tert-OH is 1. The average molecular weight is 205 g/mol. The molecule has 1 aliphatic carbocycles. The van der Waals surface area contributed by atoms with Crippen molar-refractivity contribution in [2.45, 2.75) is 17.8 Å². The Morgan fingerprint density at radius 1 is 1.62 bits per heavy atom. The Morgan fingerprint density at radius 3 is 2.54 bits per heavy atom. The van der Waals surface area contributed by atoms with E-state index < -0.39 is 21.0 Å². The van der Waals surface area contributed by atoms with E-state index in [1.54, 1.807) is 0 Å². The van der Waals surface area contributed by atoms with Crippen LogP contribution in [0.25, 0.3) is 0 Å². The van der Waals surface area contributed by atoms with Crippen LogP contribution >= 0.6 is 0 Å². The standard InChI is InChI=1S/C7H11NO4S/c1-7(13(10,11)12)4-2-3-5(8)6(7)9/h2-4,6,9H,8H2,1H3,(H,10,11,12). The molecule has 0 heterocycles. The van der Waals surface area contributed by atoms with E-state index in [1.807, 2.05) is 0 Å².